The van der Waals surface area contributed by atoms with Gasteiger partial charge in [0.15, 0.2) is 0 Å². The first-order valence-electron chi connectivity index (χ1n) is 10.8. The lowest BCUT2D eigenvalue weighted by Gasteiger charge is -2.10. The molecule has 4 nitrogen and oxygen atoms in total. The predicted octanol–water partition coefficient (Wildman–Crippen LogP) is 5.60. The van der Waals surface area contributed by atoms with E-state index in [2.05, 4.69) is 29.6 Å². The van der Waals surface area contributed by atoms with Gasteiger partial charge in [-0.1, -0.05) is 55.3 Å². The SMILES string of the molecule is Cl.O[C@H]1CN[C@H](COCCCCCC/C=C/c2ccc(Oc3ccccc3)cc2)C1. The first-order chi connectivity index (χ1) is 14.3. The van der Waals surface area contributed by atoms with Crippen LogP contribution >= 0.6 is 12.4 Å². The largest absolute Gasteiger partial charge is 0.457 e. The Balaban J connectivity index is 0.00000320. The van der Waals surface area contributed by atoms with Crippen LogP contribution in [0.15, 0.2) is 60.7 Å². The summed E-state index contributed by atoms with van der Waals surface area (Å²) in [6, 6.07) is 18.4. The number of nitrogens with one attached hydrogen (secondary N) is 1. The van der Waals surface area contributed by atoms with Crippen molar-refractivity contribution in [1.29, 1.82) is 0 Å². The Bertz CT molecular complexity index is 721. The van der Waals surface area contributed by atoms with Gasteiger partial charge in [0.25, 0.3) is 0 Å². The first-order valence-corrected chi connectivity index (χ1v) is 10.8. The van der Waals surface area contributed by atoms with Gasteiger partial charge in [-0.05, 0) is 55.5 Å². The van der Waals surface area contributed by atoms with Gasteiger partial charge in [-0.15, -0.1) is 12.4 Å². The van der Waals surface area contributed by atoms with E-state index in [1.54, 1.807) is 0 Å². The van der Waals surface area contributed by atoms with Crippen molar-refractivity contribution in [3.05, 3.63) is 66.2 Å². The molecule has 5 heteroatoms. The Morgan fingerprint density at radius 3 is 2.40 bits per heavy atom. The smallest absolute Gasteiger partial charge is 0.127 e. The number of rotatable bonds is 12. The molecule has 0 bridgehead atoms. The number of hydrogen-bond acceptors (Lipinski definition) is 4. The van der Waals surface area contributed by atoms with Crippen molar-refractivity contribution in [2.75, 3.05) is 19.8 Å². The number of unbranched alkanes of at least 4 members (excludes halogenated alkanes) is 4. The highest BCUT2D eigenvalue weighted by atomic mass is 35.5. The molecule has 0 spiro atoms. The second-order valence-electron chi connectivity index (χ2n) is 7.66. The van der Waals surface area contributed by atoms with Crippen LogP contribution in [0, 0.1) is 0 Å². The van der Waals surface area contributed by atoms with Gasteiger partial charge >= 0.3 is 0 Å². The summed E-state index contributed by atoms with van der Waals surface area (Å²) in [5.41, 5.74) is 1.20. The number of aliphatic hydroxyl groups is 1. The predicted molar refractivity (Wildman–Crippen MR) is 126 cm³/mol. The summed E-state index contributed by atoms with van der Waals surface area (Å²) in [7, 11) is 0. The van der Waals surface area contributed by atoms with Crippen LogP contribution in [-0.2, 0) is 4.74 Å². The molecule has 0 radical (unpaired) electrons. The van der Waals surface area contributed by atoms with Crippen molar-refractivity contribution in [1.82, 2.24) is 5.32 Å². The zero-order chi connectivity index (χ0) is 20.2. The summed E-state index contributed by atoms with van der Waals surface area (Å²) < 4.78 is 11.5. The average molecular weight is 432 g/mol. The third-order valence-corrected chi connectivity index (χ3v) is 5.10. The quantitative estimate of drug-likeness (QED) is 0.429. The molecule has 2 aromatic rings. The zero-order valence-electron chi connectivity index (χ0n) is 17.5. The molecule has 2 N–H and O–H groups in total. The highest BCUT2D eigenvalue weighted by Crippen LogP contribution is 2.21. The summed E-state index contributed by atoms with van der Waals surface area (Å²) in [6.45, 7) is 2.24. The molecule has 30 heavy (non-hydrogen) atoms. The van der Waals surface area contributed by atoms with Crippen LogP contribution in [0.4, 0.5) is 0 Å². The maximum atomic E-state index is 9.45. The van der Waals surface area contributed by atoms with Crippen LogP contribution in [0.3, 0.4) is 0 Å². The molecular weight excluding hydrogens is 398 g/mol. The minimum atomic E-state index is -0.197. The molecule has 0 amide bonds. The molecule has 0 saturated carbocycles. The summed E-state index contributed by atoms with van der Waals surface area (Å²) in [5, 5.41) is 12.7. The van der Waals surface area contributed by atoms with Gasteiger partial charge in [0.05, 0.1) is 12.7 Å². The van der Waals surface area contributed by atoms with Crippen LogP contribution in [0.1, 0.15) is 44.1 Å². The van der Waals surface area contributed by atoms with Crippen molar-refractivity contribution in [2.45, 2.75) is 50.7 Å². The van der Waals surface area contributed by atoms with E-state index >= 15 is 0 Å². The van der Waals surface area contributed by atoms with Crippen LogP contribution in [-0.4, -0.2) is 37.0 Å². The summed E-state index contributed by atoms with van der Waals surface area (Å²) in [5.74, 6) is 1.71. The molecule has 1 heterocycles. The average Bonchev–Trinajstić information content (AvgIpc) is 3.16. The molecule has 0 unspecified atom stereocenters. The lowest BCUT2D eigenvalue weighted by Crippen LogP contribution is -2.26. The number of β-amino-alcohol motifs (C(OH)–C–C–N with tert-alkyl or cyclic N) is 1. The van der Waals surface area contributed by atoms with E-state index in [1.807, 2.05) is 42.5 Å². The maximum absolute atomic E-state index is 9.45. The van der Waals surface area contributed by atoms with E-state index in [9.17, 15) is 5.11 Å². The van der Waals surface area contributed by atoms with Crippen molar-refractivity contribution in [2.24, 2.45) is 0 Å². The molecule has 3 rings (SSSR count). The maximum Gasteiger partial charge on any atom is 0.127 e. The summed E-state index contributed by atoms with van der Waals surface area (Å²) in [6.07, 6.45) is 10.9. The van der Waals surface area contributed by atoms with Crippen molar-refractivity contribution >= 4 is 18.5 Å². The monoisotopic (exact) mass is 431 g/mol. The number of benzene rings is 2. The lowest BCUT2D eigenvalue weighted by atomic mass is 10.1. The molecule has 1 fully saturated rings. The Hall–Kier alpha value is -1.85. The molecule has 2 aromatic carbocycles. The number of para-hydroxylation sites is 1. The molecule has 1 aliphatic rings. The number of allylic oxidation sites excluding steroid dienone is 1. The van der Waals surface area contributed by atoms with Gasteiger partial charge in [0.1, 0.15) is 11.5 Å². The van der Waals surface area contributed by atoms with E-state index < -0.39 is 0 Å². The van der Waals surface area contributed by atoms with Crippen molar-refractivity contribution in [3.8, 4) is 11.5 Å². The van der Waals surface area contributed by atoms with E-state index in [0.29, 0.717) is 12.6 Å². The van der Waals surface area contributed by atoms with Crippen LogP contribution in [0.25, 0.3) is 6.08 Å². The number of halogens is 1. The zero-order valence-corrected chi connectivity index (χ0v) is 18.4. The summed E-state index contributed by atoms with van der Waals surface area (Å²) >= 11 is 0. The third kappa shape index (κ3) is 9.31. The molecular formula is C25H34ClNO3. The van der Waals surface area contributed by atoms with Crippen LogP contribution in [0.5, 0.6) is 11.5 Å². The highest BCUT2D eigenvalue weighted by molar-refractivity contribution is 5.85. The normalized spacial score (nSPS) is 18.4. The van der Waals surface area contributed by atoms with E-state index in [1.165, 1.54) is 24.8 Å². The third-order valence-electron chi connectivity index (χ3n) is 5.10. The van der Waals surface area contributed by atoms with E-state index in [-0.39, 0.29) is 18.5 Å². The van der Waals surface area contributed by atoms with Gasteiger partial charge in [0.2, 0.25) is 0 Å². The standard InChI is InChI=1S/C25H33NO3.ClH/c27-23-18-22(26-19-23)20-28-17-9-4-2-1-3-6-10-21-13-15-25(16-14-21)29-24-11-7-5-8-12-24;/h5-8,10-16,22-23,26-27H,1-4,9,17-20H2;1H/b10-6+;/t22-,23+;/m0./s1. The molecule has 1 aliphatic heterocycles. The Morgan fingerprint density at radius 1 is 0.933 bits per heavy atom. The second kappa shape index (κ2) is 14.2. The fourth-order valence-corrected chi connectivity index (χ4v) is 3.46. The first kappa shape index (κ1) is 24.4. The molecule has 1 saturated heterocycles. The topological polar surface area (TPSA) is 50.7 Å². The second-order valence-corrected chi connectivity index (χ2v) is 7.66. The number of ether oxygens (including phenoxy) is 2. The van der Waals surface area contributed by atoms with Crippen molar-refractivity contribution < 1.29 is 14.6 Å². The van der Waals surface area contributed by atoms with Gasteiger partial charge in [-0.2, -0.15) is 0 Å². The number of aliphatic hydroxyl groups excluding tert-OH is 1. The molecule has 0 aromatic heterocycles. The Labute approximate surface area is 186 Å². The molecule has 164 valence electrons. The van der Waals surface area contributed by atoms with E-state index in [0.717, 1.165) is 44.0 Å². The van der Waals surface area contributed by atoms with Gasteiger partial charge < -0.3 is 19.9 Å². The van der Waals surface area contributed by atoms with Gasteiger partial charge in [0, 0.05) is 19.2 Å². The van der Waals surface area contributed by atoms with E-state index in [4.69, 9.17) is 9.47 Å². The van der Waals surface area contributed by atoms with Gasteiger partial charge in [-0.3, -0.25) is 0 Å². The Kier molecular flexibility index (Phi) is 11.6. The fraction of sp³-hybridized carbons (Fsp3) is 0.440. The van der Waals surface area contributed by atoms with Crippen LogP contribution < -0.4 is 10.1 Å². The fourth-order valence-electron chi connectivity index (χ4n) is 3.46. The van der Waals surface area contributed by atoms with Crippen LogP contribution in [0.2, 0.25) is 0 Å². The highest BCUT2D eigenvalue weighted by Gasteiger charge is 2.21. The minimum absolute atomic E-state index is 0. The summed E-state index contributed by atoms with van der Waals surface area (Å²) in [4.78, 5) is 0. The minimum Gasteiger partial charge on any atom is -0.457 e. The van der Waals surface area contributed by atoms with Gasteiger partial charge in [-0.25, -0.2) is 0 Å². The Morgan fingerprint density at radius 2 is 1.67 bits per heavy atom. The number of hydrogen-bond donors (Lipinski definition) is 2. The molecule has 2 atom stereocenters. The van der Waals surface area contributed by atoms with Crippen molar-refractivity contribution in [3.63, 3.8) is 0 Å². The molecule has 0 aliphatic carbocycles. The lowest BCUT2D eigenvalue weighted by molar-refractivity contribution is 0.107.